The molecule has 2 unspecified atom stereocenters. The smallest absolute Gasteiger partial charge is 0.326 e. The molecular weight excluding hydrogens is 230 g/mol. The van der Waals surface area contributed by atoms with E-state index in [-0.39, 0.29) is 18.2 Å². The molecule has 0 radical (unpaired) electrons. The van der Waals surface area contributed by atoms with Crippen LogP contribution in [0.15, 0.2) is 43.0 Å². The summed E-state index contributed by atoms with van der Waals surface area (Å²) in [6, 6.07) is 8.32. The van der Waals surface area contributed by atoms with Crippen LogP contribution in [0.3, 0.4) is 0 Å². The van der Waals surface area contributed by atoms with Crippen LogP contribution in [0.2, 0.25) is 0 Å². The molecule has 1 amide bonds. The highest BCUT2D eigenvalue weighted by Gasteiger charge is 2.22. The van der Waals surface area contributed by atoms with Gasteiger partial charge in [0.05, 0.1) is 5.92 Å². The molecule has 2 atom stereocenters. The fourth-order valence-corrected chi connectivity index (χ4v) is 1.58. The number of hydrogen-bond acceptors (Lipinski definition) is 2. The van der Waals surface area contributed by atoms with E-state index < -0.39 is 12.0 Å². The Balaban J connectivity index is 2.70. The van der Waals surface area contributed by atoms with E-state index in [4.69, 9.17) is 5.11 Å². The first-order valence-corrected chi connectivity index (χ1v) is 5.75. The van der Waals surface area contributed by atoms with Gasteiger partial charge in [-0.2, -0.15) is 0 Å². The van der Waals surface area contributed by atoms with Gasteiger partial charge in [0, 0.05) is 0 Å². The van der Waals surface area contributed by atoms with E-state index in [0.29, 0.717) is 0 Å². The van der Waals surface area contributed by atoms with Gasteiger partial charge in [0.2, 0.25) is 5.91 Å². The maximum Gasteiger partial charge on any atom is 0.326 e. The SMILES string of the molecule is C=CCC(NC(=O)C(C)c1ccccc1)C(=O)O. The Morgan fingerprint density at radius 2 is 2.00 bits per heavy atom. The lowest BCUT2D eigenvalue weighted by Crippen LogP contribution is -2.42. The Labute approximate surface area is 106 Å². The molecule has 1 aromatic carbocycles. The quantitative estimate of drug-likeness (QED) is 0.755. The minimum absolute atomic E-state index is 0.211. The van der Waals surface area contributed by atoms with E-state index in [2.05, 4.69) is 11.9 Å². The fourth-order valence-electron chi connectivity index (χ4n) is 1.58. The van der Waals surface area contributed by atoms with E-state index in [0.717, 1.165) is 5.56 Å². The number of carbonyl (C=O) groups is 2. The second-order valence-electron chi connectivity index (χ2n) is 4.06. The predicted octanol–water partition coefficient (Wildman–Crippen LogP) is 1.94. The van der Waals surface area contributed by atoms with Crippen molar-refractivity contribution in [1.82, 2.24) is 5.32 Å². The minimum Gasteiger partial charge on any atom is -0.480 e. The molecule has 0 aliphatic carbocycles. The summed E-state index contributed by atoms with van der Waals surface area (Å²) in [4.78, 5) is 22.8. The van der Waals surface area contributed by atoms with Gasteiger partial charge in [0.15, 0.2) is 0 Å². The molecule has 0 saturated heterocycles. The van der Waals surface area contributed by atoms with Gasteiger partial charge in [0.1, 0.15) is 6.04 Å². The second kappa shape index (κ2) is 6.59. The lowest BCUT2D eigenvalue weighted by Gasteiger charge is -2.16. The molecule has 4 nitrogen and oxygen atoms in total. The van der Waals surface area contributed by atoms with E-state index in [1.54, 1.807) is 6.92 Å². The first-order chi connectivity index (χ1) is 8.56. The molecule has 0 aliphatic rings. The highest BCUT2D eigenvalue weighted by molar-refractivity contribution is 5.87. The summed E-state index contributed by atoms with van der Waals surface area (Å²) in [5, 5.41) is 11.4. The molecule has 4 heteroatoms. The standard InChI is InChI=1S/C14H17NO3/c1-3-7-12(14(17)18)15-13(16)10(2)11-8-5-4-6-9-11/h3-6,8-10,12H,1,7H2,2H3,(H,15,16)(H,17,18). The number of carboxylic acid groups (broad SMARTS) is 1. The Bertz CT molecular complexity index is 428. The van der Waals surface area contributed by atoms with Crippen LogP contribution in [-0.2, 0) is 9.59 Å². The molecule has 96 valence electrons. The lowest BCUT2D eigenvalue weighted by atomic mass is 10.00. The number of carboxylic acids is 1. The van der Waals surface area contributed by atoms with Crippen molar-refractivity contribution in [2.45, 2.75) is 25.3 Å². The van der Waals surface area contributed by atoms with E-state index in [1.165, 1.54) is 6.08 Å². The van der Waals surface area contributed by atoms with Crippen molar-refractivity contribution in [2.75, 3.05) is 0 Å². The summed E-state index contributed by atoms with van der Waals surface area (Å²) < 4.78 is 0. The molecular formula is C14H17NO3. The predicted molar refractivity (Wildman–Crippen MR) is 69.2 cm³/mol. The maximum atomic E-state index is 11.9. The Hall–Kier alpha value is -2.10. The van der Waals surface area contributed by atoms with Crippen molar-refractivity contribution in [1.29, 1.82) is 0 Å². The number of rotatable bonds is 6. The molecule has 2 N–H and O–H groups in total. The Morgan fingerprint density at radius 1 is 1.39 bits per heavy atom. The van der Waals surface area contributed by atoms with Gasteiger partial charge in [-0.15, -0.1) is 6.58 Å². The zero-order chi connectivity index (χ0) is 13.5. The van der Waals surface area contributed by atoms with Crippen LogP contribution in [0.1, 0.15) is 24.8 Å². The van der Waals surface area contributed by atoms with Crippen molar-refractivity contribution < 1.29 is 14.7 Å². The summed E-state index contributed by atoms with van der Waals surface area (Å²) in [7, 11) is 0. The van der Waals surface area contributed by atoms with Gasteiger partial charge in [-0.3, -0.25) is 4.79 Å². The highest BCUT2D eigenvalue weighted by Crippen LogP contribution is 2.14. The van der Waals surface area contributed by atoms with Crippen LogP contribution in [0.25, 0.3) is 0 Å². The highest BCUT2D eigenvalue weighted by atomic mass is 16.4. The van der Waals surface area contributed by atoms with Crippen molar-refractivity contribution in [3.8, 4) is 0 Å². The van der Waals surface area contributed by atoms with Gasteiger partial charge in [-0.05, 0) is 18.9 Å². The van der Waals surface area contributed by atoms with Gasteiger partial charge >= 0.3 is 5.97 Å². The van der Waals surface area contributed by atoms with Crippen LogP contribution >= 0.6 is 0 Å². The third-order valence-electron chi connectivity index (χ3n) is 2.71. The topological polar surface area (TPSA) is 66.4 Å². The zero-order valence-electron chi connectivity index (χ0n) is 10.3. The van der Waals surface area contributed by atoms with Crippen LogP contribution in [-0.4, -0.2) is 23.0 Å². The van der Waals surface area contributed by atoms with E-state index in [1.807, 2.05) is 30.3 Å². The molecule has 18 heavy (non-hydrogen) atoms. The molecule has 1 aromatic rings. The van der Waals surface area contributed by atoms with Crippen LogP contribution in [0.4, 0.5) is 0 Å². The number of amides is 1. The Kier molecular flexibility index (Phi) is 5.11. The maximum absolute atomic E-state index is 11.9. The van der Waals surface area contributed by atoms with Crippen molar-refractivity contribution >= 4 is 11.9 Å². The van der Waals surface area contributed by atoms with Crippen LogP contribution in [0, 0.1) is 0 Å². The molecule has 0 heterocycles. The van der Waals surface area contributed by atoms with E-state index in [9.17, 15) is 9.59 Å². The van der Waals surface area contributed by atoms with Gasteiger partial charge in [-0.25, -0.2) is 4.79 Å². The molecule has 0 fully saturated rings. The fraction of sp³-hybridized carbons (Fsp3) is 0.286. The first-order valence-electron chi connectivity index (χ1n) is 5.75. The van der Waals surface area contributed by atoms with Crippen molar-refractivity contribution in [2.24, 2.45) is 0 Å². The van der Waals surface area contributed by atoms with Gasteiger partial charge < -0.3 is 10.4 Å². The number of aliphatic carboxylic acids is 1. The zero-order valence-corrected chi connectivity index (χ0v) is 10.3. The monoisotopic (exact) mass is 247 g/mol. The number of carbonyl (C=O) groups excluding carboxylic acids is 1. The van der Waals surface area contributed by atoms with Crippen molar-refractivity contribution in [3.63, 3.8) is 0 Å². The lowest BCUT2D eigenvalue weighted by molar-refractivity contribution is -0.141. The third-order valence-corrected chi connectivity index (χ3v) is 2.71. The van der Waals surface area contributed by atoms with Gasteiger partial charge in [0.25, 0.3) is 0 Å². The van der Waals surface area contributed by atoms with Crippen molar-refractivity contribution in [3.05, 3.63) is 48.6 Å². The Morgan fingerprint density at radius 3 is 2.50 bits per heavy atom. The summed E-state index contributed by atoms with van der Waals surface area (Å²) in [5.74, 6) is -1.73. The summed E-state index contributed by atoms with van der Waals surface area (Å²) in [5.41, 5.74) is 0.859. The average molecular weight is 247 g/mol. The van der Waals surface area contributed by atoms with Crippen LogP contribution < -0.4 is 5.32 Å². The molecule has 0 bridgehead atoms. The largest absolute Gasteiger partial charge is 0.480 e. The number of benzene rings is 1. The third kappa shape index (κ3) is 3.73. The molecule has 1 rings (SSSR count). The summed E-state index contributed by atoms with van der Waals surface area (Å²) in [6.07, 6.45) is 1.69. The minimum atomic E-state index is -1.05. The molecule has 0 spiro atoms. The summed E-state index contributed by atoms with van der Waals surface area (Å²) >= 11 is 0. The number of hydrogen-bond donors (Lipinski definition) is 2. The average Bonchev–Trinajstić information content (AvgIpc) is 2.38. The molecule has 0 saturated carbocycles. The summed E-state index contributed by atoms with van der Waals surface area (Å²) in [6.45, 7) is 5.23. The normalized spacial score (nSPS) is 13.4. The van der Waals surface area contributed by atoms with Crippen LogP contribution in [0.5, 0.6) is 0 Å². The van der Waals surface area contributed by atoms with Gasteiger partial charge in [-0.1, -0.05) is 36.4 Å². The molecule has 0 aromatic heterocycles. The molecule has 0 aliphatic heterocycles. The number of nitrogens with one attached hydrogen (secondary N) is 1. The second-order valence-corrected chi connectivity index (χ2v) is 4.06. The van der Waals surface area contributed by atoms with E-state index >= 15 is 0 Å². The first kappa shape index (κ1) is 14.0.